The fourth-order valence-electron chi connectivity index (χ4n) is 3.75. The monoisotopic (exact) mass is 520 g/mol. The van der Waals surface area contributed by atoms with Crippen molar-refractivity contribution in [1.29, 1.82) is 0 Å². The molecule has 0 aromatic heterocycles. The van der Waals surface area contributed by atoms with Crippen LogP contribution >= 0.6 is 36.4 Å². The normalized spacial score (nSPS) is 16.5. The molecule has 7 nitrogen and oxygen atoms in total. The van der Waals surface area contributed by atoms with Crippen LogP contribution in [-0.2, 0) is 11.3 Å². The standard InChI is InChI=1S/C23H29ClN2O5.2ClH/c24-19-2-4-21(5-3-19)29-12-11-28-16-20(27)15-26-9-7-25(8-10-26)14-18-1-6-22-23(13-18)31-17-30-22;;/h1-6,13,20,27H,7-12,14-17H2;2*1H. The Bertz CT molecular complexity index is 835. The molecule has 0 bridgehead atoms. The molecule has 2 heterocycles. The molecule has 10 heteroatoms. The third kappa shape index (κ3) is 8.68. The van der Waals surface area contributed by atoms with Crippen molar-refractivity contribution in [3.8, 4) is 17.2 Å². The molecule has 1 fully saturated rings. The van der Waals surface area contributed by atoms with E-state index in [1.807, 2.05) is 18.2 Å². The lowest BCUT2D eigenvalue weighted by molar-refractivity contribution is -0.000438. The van der Waals surface area contributed by atoms with Gasteiger partial charge in [0.05, 0.1) is 19.3 Å². The van der Waals surface area contributed by atoms with E-state index in [-0.39, 0.29) is 24.8 Å². The van der Waals surface area contributed by atoms with E-state index >= 15 is 0 Å². The van der Waals surface area contributed by atoms with Crippen molar-refractivity contribution in [3.05, 3.63) is 53.1 Å². The molecule has 0 aliphatic carbocycles. The van der Waals surface area contributed by atoms with Gasteiger partial charge in [-0.05, 0) is 42.0 Å². The largest absolute Gasteiger partial charge is 0.491 e. The Balaban J connectivity index is 0.00000193. The SMILES string of the molecule is Cl.Cl.OC(COCCOc1ccc(Cl)cc1)CN1CCN(Cc2ccc3c(c2)OCO3)CC1. The number of nitrogens with zero attached hydrogens (tertiary/aromatic N) is 2. The number of benzene rings is 2. The number of hydrogen-bond acceptors (Lipinski definition) is 7. The summed E-state index contributed by atoms with van der Waals surface area (Å²) in [5, 5.41) is 11.0. The Labute approximate surface area is 212 Å². The first-order chi connectivity index (χ1) is 15.2. The van der Waals surface area contributed by atoms with Crippen molar-refractivity contribution in [1.82, 2.24) is 9.80 Å². The number of rotatable bonds is 10. The maximum atomic E-state index is 10.3. The van der Waals surface area contributed by atoms with Crippen LogP contribution in [0.15, 0.2) is 42.5 Å². The summed E-state index contributed by atoms with van der Waals surface area (Å²) < 4.78 is 22.0. The summed E-state index contributed by atoms with van der Waals surface area (Å²) >= 11 is 5.85. The number of aliphatic hydroxyl groups excluding tert-OH is 1. The Morgan fingerprint density at radius 3 is 2.36 bits per heavy atom. The van der Waals surface area contributed by atoms with Gasteiger partial charge in [-0.15, -0.1) is 24.8 Å². The van der Waals surface area contributed by atoms with Crippen LogP contribution in [0.1, 0.15) is 5.56 Å². The van der Waals surface area contributed by atoms with Gasteiger partial charge in [-0.2, -0.15) is 0 Å². The summed E-state index contributed by atoms with van der Waals surface area (Å²) in [5.74, 6) is 2.41. The van der Waals surface area contributed by atoms with Crippen molar-refractivity contribution >= 4 is 36.4 Å². The maximum Gasteiger partial charge on any atom is 0.231 e. The van der Waals surface area contributed by atoms with Crippen LogP contribution < -0.4 is 14.2 Å². The van der Waals surface area contributed by atoms with Gasteiger partial charge in [0, 0.05) is 44.3 Å². The Morgan fingerprint density at radius 1 is 0.909 bits per heavy atom. The maximum absolute atomic E-state index is 10.3. The van der Waals surface area contributed by atoms with Gasteiger partial charge in [0.1, 0.15) is 12.4 Å². The van der Waals surface area contributed by atoms with Crippen molar-refractivity contribution < 1.29 is 24.1 Å². The lowest BCUT2D eigenvalue weighted by atomic mass is 10.1. The van der Waals surface area contributed by atoms with Gasteiger partial charge in [0.2, 0.25) is 6.79 Å². The van der Waals surface area contributed by atoms with E-state index in [0.29, 0.717) is 38.2 Å². The number of aliphatic hydroxyl groups is 1. The second-order valence-corrected chi connectivity index (χ2v) is 8.23. The van der Waals surface area contributed by atoms with Crippen LogP contribution in [0.5, 0.6) is 17.2 Å². The highest BCUT2D eigenvalue weighted by atomic mass is 35.5. The zero-order chi connectivity index (χ0) is 21.5. The van der Waals surface area contributed by atoms with Crippen LogP contribution in [0.3, 0.4) is 0 Å². The highest BCUT2D eigenvalue weighted by Gasteiger charge is 2.20. The smallest absolute Gasteiger partial charge is 0.231 e. The quantitative estimate of drug-likeness (QED) is 0.480. The molecule has 2 aliphatic rings. The van der Waals surface area contributed by atoms with Gasteiger partial charge in [-0.3, -0.25) is 9.80 Å². The second-order valence-electron chi connectivity index (χ2n) is 7.80. The lowest BCUT2D eigenvalue weighted by Crippen LogP contribution is -2.48. The van der Waals surface area contributed by atoms with Gasteiger partial charge >= 0.3 is 0 Å². The highest BCUT2D eigenvalue weighted by molar-refractivity contribution is 6.30. The number of β-amino-alcohol motifs (C(OH)–C–C–N with tert-alkyl or cyclic N) is 1. The van der Waals surface area contributed by atoms with E-state index in [1.165, 1.54) is 5.56 Å². The van der Waals surface area contributed by atoms with Gasteiger partial charge in [0.15, 0.2) is 11.5 Å². The van der Waals surface area contributed by atoms with Gasteiger partial charge in [-0.25, -0.2) is 0 Å². The molecule has 184 valence electrons. The molecule has 0 saturated carbocycles. The van der Waals surface area contributed by atoms with E-state index in [0.717, 1.165) is 50.0 Å². The lowest BCUT2D eigenvalue weighted by Gasteiger charge is -2.35. The summed E-state index contributed by atoms with van der Waals surface area (Å²) in [5.41, 5.74) is 1.23. The average molecular weight is 522 g/mol. The predicted octanol–water partition coefficient (Wildman–Crippen LogP) is 3.49. The average Bonchev–Trinajstić information content (AvgIpc) is 3.24. The molecule has 1 N–H and O–H groups in total. The number of piperazine rings is 1. The molecule has 0 amide bonds. The molecule has 2 aliphatic heterocycles. The van der Waals surface area contributed by atoms with Crippen LogP contribution in [0, 0.1) is 0 Å². The van der Waals surface area contributed by atoms with Crippen molar-refractivity contribution in [2.24, 2.45) is 0 Å². The van der Waals surface area contributed by atoms with Crippen molar-refractivity contribution in [3.63, 3.8) is 0 Å². The topological polar surface area (TPSA) is 63.6 Å². The third-order valence-corrected chi connectivity index (χ3v) is 5.65. The Hall–Kier alpha value is -1.45. The molecule has 33 heavy (non-hydrogen) atoms. The summed E-state index contributed by atoms with van der Waals surface area (Å²) in [6.45, 7) is 6.80. The van der Waals surface area contributed by atoms with E-state index in [1.54, 1.807) is 12.1 Å². The predicted molar refractivity (Wildman–Crippen MR) is 133 cm³/mol. The minimum atomic E-state index is -0.504. The third-order valence-electron chi connectivity index (χ3n) is 5.40. The molecular formula is C23H31Cl3N2O5. The number of fused-ring (bicyclic) bond motifs is 1. The van der Waals surface area contributed by atoms with Gasteiger partial charge < -0.3 is 24.1 Å². The minimum Gasteiger partial charge on any atom is -0.491 e. The zero-order valence-corrected chi connectivity index (χ0v) is 20.7. The molecule has 2 aromatic carbocycles. The fraction of sp³-hybridized carbons (Fsp3) is 0.478. The first kappa shape index (κ1) is 27.8. The molecule has 1 atom stereocenters. The van der Waals surface area contributed by atoms with Crippen molar-refractivity contribution in [2.75, 3.05) is 59.3 Å². The summed E-state index contributed by atoms with van der Waals surface area (Å²) in [6.07, 6.45) is -0.504. The number of hydrogen-bond donors (Lipinski definition) is 1. The zero-order valence-electron chi connectivity index (χ0n) is 18.4. The highest BCUT2D eigenvalue weighted by Crippen LogP contribution is 2.32. The molecular weight excluding hydrogens is 491 g/mol. The molecule has 1 unspecified atom stereocenters. The molecule has 0 radical (unpaired) electrons. The van der Waals surface area contributed by atoms with E-state index in [2.05, 4.69) is 21.9 Å². The van der Waals surface area contributed by atoms with Crippen LogP contribution in [-0.4, -0.2) is 80.3 Å². The molecule has 2 aromatic rings. The van der Waals surface area contributed by atoms with Crippen LogP contribution in [0.4, 0.5) is 0 Å². The summed E-state index contributed by atoms with van der Waals surface area (Å²) in [7, 11) is 0. The second kappa shape index (κ2) is 14.1. The molecule has 1 saturated heterocycles. The number of ether oxygens (including phenoxy) is 4. The van der Waals surface area contributed by atoms with Gasteiger partial charge in [0.25, 0.3) is 0 Å². The Kier molecular flexibility index (Phi) is 11.8. The first-order valence-electron chi connectivity index (χ1n) is 10.6. The molecule has 4 rings (SSSR count). The fourth-order valence-corrected chi connectivity index (χ4v) is 3.87. The van der Waals surface area contributed by atoms with Crippen LogP contribution in [0.2, 0.25) is 5.02 Å². The molecule has 0 spiro atoms. The van der Waals surface area contributed by atoms with Crippen LogP contribution in [0.25, 0.3) is 0 Å². The first-order valence-corrected chi connectivity index (χ1v) is 11.0. The van der Waals surface area contributed by atoms with E-state index in [4.69, 9.17) is 30.5 Å². The van der Waals surface area contributed by atoms with E-state index in [9.17, 15) is 5.11 Å². The summed E-state index contributed by atoms with van der Waals surface area (Å²) in [4.78, 5) is 4.71. The summed E-state index contributed by atoms with van der Waals surface area (Å²) in [6, 6.07) is 13.4. The van der Waals surface area contributed by atoms with Gasteiger partial charge in [-0.1, -0.05) is 17.7 Å². The number of halogens is 3. The minimum absolute atomic E-state index is 0. The van der Waals surface area contributed by atoms with E-state index < -0.39 is 6.10 Å². The Morgan fingerprint density at radius 2 is 1.61 bits per heavy atom. The van der Waals surface area contributed by atoms with Crippen molar-refractivity contribution in [2.45, 2.75) is 12.6 Å².